The maximum atomic E-state index is 9.37. The average molecular weight is 299 g/mol. The van der Waals surface area contributed by atoms with Crippen molar-refractivity contribution in [1.82, 2.24) is 20.2 Å². The minimum Gasteiger partial charge on any atom is -0.217 e. The molecule has 0 spiro atoms. The highest BCUT2D eigenvalue weighted by Crippen LogP contribution is 2.32. The molecule has 1 unspecified atom stereocenters. The van der Waals surface area contributed by atoms with Crippen LogP contribution in [0.25, 0.3) is 0 Å². The van der Waals surface area contributed by atoms with Crippen molar-refractivity contribution in [3.8, 4) is 6.07 Å². The molecule has 0 aliphatic heterocycles. The van der Waals surface area contributed by atoms with E-state index in [2.05, 4.69) is 21.6 Å². The number of nitrogens with zero attached hydrogens (tertiary/aromatic N) is 5. The Morgan fingerprint density at radius 3 is 2.76 bits per heavy atom. The zero-order valence-corrected chi connectivity index (χ0v) is 12.5. The fourth-order valence-corrected chi connectivity index (χ4v) is 3.70. The summed E-state index contributed by atoms with van der Waals surface area (Å²) in [6.45, 7) is 0. The van der Waals surface area contributed by atoms with Crippen molar-refractivity contribution < 1.29 is 0 Å². The van der Waals surface area contributed by atoms with Gasteiger partial charge < -0.3 is 0 Å². The Hall–Kier alpha value is -1.87. The first kappa shape index (κ1) is 14.1. The van der Waals surface area contributed by atoms with Crippen molar-refractivity contribution in [2.45, 2.75) is 42.8 Å². The molecule has 21 heavy (non-hydrogen) atoms. The third-order valence-corrected chi connectivity index (χ3v) is 4.90. The summed E-state index contributed by atoms with van der Waals surface area (Å²) >= 11 is 1.57. The van der Waals surface area contributed by atoms with Gasteiger partial charge in [-0.15, -0.1) is 5.10 Å². The van der Waals surface area contributed by atoms with Crippen LogP contribution in [0.1, 0.15) is 43.2 Å². The van der Waals surface area contributed by atoms with Crippen molar-refractivity contribution >= 4 is 11.8 Å². The fraction of sp³-hybridized carbons (Fsp3) is 0.467. The van der Waals surface area contributed by atoms with Crippen molar-refractivity contribution in [1.29, 1.82) is 5.26 Å². The smallest absolute Gasteiger partial charge is 0.209 e. The SMILES string of the molecule is N#CC(CSc1nnnn1C1CCCC1)c1ccccc1. The predicted octanol–water partition coefficient (Wildman–Crippen LogP) is 3.19. The number of rotatable bonds is 5. The number of nitriles is 1. The summed E-state index contributed by atoms with van der Waals surface area (Å²) in [6.07, 6.45) is 4.80. The summed E-state index contributed by atoms with van der Waals surface area (Å²) < 4.78 is 1.94. The van der Waals surface area contributed by atoms with E-state index in [1.807, 2.05) is 35.0 Å². The zero-order chi connectivity index (χ0) is 14.5. The summed E-state index contributed by atoms with van der Waals surface area (Å²) in [5, 5.41) is 22.2. The summed E-state index contributed by atoms with van der Waals surface area (Å²) in [6, 6.07) is 12.7. The van der Waals surface area contributed by atoms with Crippen LogP contribution in [0.5, 0.6) is 0 Å². The van der Waals surface area contributed by atoms with Crippen LogP contribution >= 0.6 is 11.8 Å². The molecule has 1 saturated carbocycles. The van der Waals surface area contributed by atoms with Crippen molar-refractivity contribution in [3.05, 3.63) is 35.9 Å². The molecular formula is C15H17N5S. The van der Waals surface area contributed by atoms with E-state index < -0.39 is 0 Å². The molecule has 0 N–H and O–H groups in total. The standard InChI is InChI=1S/C15H17N5S/c16-10-13(12-6-2-1-3-7-12)11-21-15-17-18-19-20(15)14-8-4-5-9-14/h1-3,6-7,13-14H,4-5,8-9,11H2. The second kappa shape index (κ2) is 6.72. The first-order chi connectivity index (χ1) is 10.4. The first-order valence-corrected chi connectivity index (χ1v) is 8.22. The lowest BCUT2D eigenvalue weighted by molar-refractivity contribution is 0.423. The topological polar surface area (TPSA) is 67.4 Å². The van der Waals surface area contributed by atoms with E-state index in [0.717, 1.165) is 23.6 Å². The lowest BCUT2D eigenvalue weighted by Crippen LogP contribution is -2.09. The Bertz CT molecular complexity index is 612. The number of hydrogen-bond acceptors (Lipinski definition) is 5. The minimum absolute atomic E-state index is 0.134. The van der Waals surface area contributed by atoms with E-state index in [9.17, 15) is 5.26 Å². The molecule has 5 nitrogen and oxygen atoms in total. The Balaban J connectivity index is 1.67. The molecule has 1 atom stereocenters. The van der Waals surface area contributed by atoms with Crippen LogP contribution in [-0.4, -0.2) is 26.0 Å². The van der Waals surface area contributed by atoms with E-state index in [0.29, 0.717) is 11.8 Å². The van der Waals surface area contributed by atoms with Gasteiger partial charge in [-0.25, -0.2) is 4.68 Å². The number of thioether (sulfide) groups is 1. The highest BCUT2D eigenvalue weighted by Gasteiger charge is 2.22. The molecule has 1 heterocycles. The van der Waals surface area contributed by atoms with Crippen LogP contribution in [0.2, 0.25) is 0 Å². The van der Waals surface area contributed by atoms with Gasteiger partial charge in [0.15, 0.2) is 0 Å². The average Bonchev–Trinajstić information content (AvgIpc) is 3.20. The highest BCUT2D eigenvalue weighted by atomic mass is 32.2. The molecule has 1 aromatic heterocycles. The van der Waals surface area contributed by atoms with Crippen molar-refractivity contribution in [3.63, 3.8) is 0 Å². The third-order valence-electron chi connectivity index (χ3n) is 3.87. The lowest BCUT2D eigenvalue weighted by Gasteiger charge is -2.12. The lowest BCUT2D eigenvalue weighted by atomic mass is 10.0. The van der Waals surface area contributed by atoms with Crippen LogP contribution in [0, 0.1) is 11.3 Å². The minimum atomic E-state index is -0.134. The van der Waals surface area contributed by atoms with Crippen LogP contribution in [0.15, 0.2) is 35.5 Å². The maximum Gasteiger partial charge on any atom is 0.209 e. The Kier molecular flexibility index (Phi) is 4.51. The number of tetrazole rings is 1. The van der Waals surface area contributed by atoms with Gasteiger partial charge in [0, 0.05) is 5.75 Å². The third kappa shape index (κ3) is 3.24. The van der Waals surface area contributed by atoms with Gasteiger partial charge in [0.1, 0.15) is 0 Å². The molecule has 0 amide bonds. The summed E-state index contributed by atoms with van der Waals surface area (Å²) in [5.74, 6) is 0.540. The number of hydrogen-bond donors (Lipinski definition) is 0. The molecule has 1 aromatic carbocycles. The van der Waals surface area contributed by atoms with Crippen LogP contribution in [-0.2, 0) is 0 Å². The summed E-state index contributed by atoms with van der Waals surface area (Å²) in [4.78, 5) is 0. The molecular weight excluding hydrogens is 282 g/mol. The van der Waals surface area contributed by atoms with E-state index >= 15 is 0 Å². The predicted molar refractivity (Wildman–Crippen MR) is 80.8 cm³/mol. The molecule has 0 saturated heterocycles. The number of aromatic nitrogens is 4. The van der Waals surface area contributed by atoms with Gasteiger partial charge in [0.2, 0.25) is 5.16 Å². The summed E-state index contributed by atoms with van der Waals surface area (Å²) in [7, 11) is 0. The van der Waals surface area contributed by atoms with Crippen molar-refractivity contribution in [2.75, 3.05) is 5.75 Å². The molecule has 3 rings (SSSR count). The van der Waals surface area contributed by atoms with Crippen LogP contribution in [0.4, 0.5) is 0 Å². The highest BCUT2D eigenvalue weighted by molar-refractivity contribution is 7.99. The van der Waals surface area contributed by atoms with Gasteiger partial charge in [-0.05, 0) is 28.8 Å². The van der Waals surface area contributed by atoms with Crippen molar-refractivity contribution in [2.24, 2.45) is 0 Å². The normalized spacial score (nSPS) is 16.7. The van der Waals surface area contributed by atoms with Crippen LogP contribution < -0.4 is 0 Å². The number of benzene rings is 1. The van der Waals surface area contributed by atoms with Gasteiger partial charge in [-0.2, -0.15) is 5.26 Å². The Morgan fingerprint density at radius 2 is 2.05 bits per heavy atom. The second-order valence-corrected chi connectivity index (χ2v) is 6.23. The monoisotopic (exact) mass is 299 g/mol. The van der Waals surface area contributed by atoms with Gasteiger partial charge in [-0.3, -0.25) is 0 Å². The molecule has 1 aliphatic rings. The van der Waals surface area contributed by atoms with E-state index in [1.54, 1.807) is 11.8 Å². The van der Waals surface area contributed by atoms with Gasteiger partial charge in [0.25, 0.3) is 0 Å². The Morgan fingerprint density at radius 1 is 1.29 bits per heavy atom. The molecule has 0 bridgehead atoms. The molecule has 1 aliphatic carbocycles. The molecule has 1 fully saturated rings. The van der Waals surface area contributed by atoms with E-state index in [4.69, 9.17) is 0 Å². The first-order valence-electron chi connectivity index (χ1n) is 7.23. The zero-order valence-electron chi connectivity index (χ0n) is 11.7. The van der Waals surface area contributed by atoms with E-state index in [1.165, 1.54) is 12.8 Å². The molecule has 2 aromatic rings. The second-order valence-electron chi connectivity index (χ2n) is 5.25. The molecule has 108 valence electrons. The quantitative estimate of drug-likeness (QED) is 0.793. The summed E-state index contributed by atoms with van der Waals surface area (Å²) in [5.41, 5.74) is 1.05. The van der Waals surface area contributed by atoms with Crippen LogP contribution in [0.3, 0.4) is 0 Å². The van der Waals surface area contributed by atoms with E-state index in [-0.39, 0.29) is 5.92 Å². The largest absolute Gasteiger partial charge is 0.217 e. The van der Waals surface area contributed by atoms with Gasteiger partial charge in [-0.1, -0.05) is 54.9 Å². The molecule has 0 radical (unpaired) electrons. The van der Waals surface area contributed by atoms with Gasteiger partial charge in [0.05, 0.1) is 18.0 Å². The fourth-order valence-electron chi connectivity index (χ4n) is 2.71. The Labute approximate surface area is 128 Å². The van der Waals surface area contributed by atoms with Gasteiger partial charge >= 0.3 is 0 Å². The molecule has 6 heteroatoms. The maximum absolute atomic E-state index is 9.37.